The fourth-order valence-corrected chi connectivity index (χ4v) is 3.35. The van der Waals surface area contributed by atoms with Crippen molar-refractivity contribution in [3.05, 3.63) is 50.3 Å². The average molecular weight is 397 g/mol. The molecular formula is C15H13BrN2O4S. The Morgan fingerprint density at radius 2 is 1.83 bits per heavy atom. The van der Waals surface area contributed by atoms with E-state index < -0.39 is 17.8 Å². The van der Waals surface area contributed by atoms with Gasteiger partial charge in [0.2, 0.25) is 0 Å². The summed E-state index contributed by atoms with van der Waals surface area (Å²) in [7, 11) is 1.24. The molecule has 0 atom stereocenters. The molecule has 0 aliphatic rings. The van der Waals surface area contributed by atoms with E-state index in [0.29, 0.717) is 11.1 Å². The van der Waals surface area contributed by atoms with Gasteiger partial charge in [-0.1, -0.05) is 15.9 Å². The monoisotopic (exact) mass is 396 g/mol. The third-order valence-corrected chi connectivity index (χ3v) is 4.81. The largest absolute Gasteiger partial charge is 0.465 e. The van der Waals surface area contributed by atoms with Crippen molar-refractivity contribution in [3.63, 3.8) is 0 Å². The van der Waals surface area contributed by atoms with E-state index in [0.717, 1.165) is 15.8 Å². The second-order valence-corrected chi connectivity index (χ2v) is 6.51. The van der Waals surface area contributed by atoms with Crippen LogP contribution < -0.4 is 11.1 Å². The molecule has 8 heteroatoms. The Hall–Kier alpha value is -2.19. The Bertz CT molecular complexity index is 784. The Kier molecular flexibility index (Phi) is 5.17. The predicted octanol–water partition coefficient (Wildman–Crippen LogP) is 2.96. The summed E-state index contributed by atoms with van der Waals surface area (Å²) < 4.78 is 5.51. The van der Waals surface area contributed by atoms with Gasteiger partial charge < -0.3 is 15.8 Å². The molecule has 0 saturated heterocycles. The molecule has 1 aromatic carbocycles. The minimum Gasteiger partial charge on any atom is -0.465 e. The summed E-state index contributed by atoms with van der Waals surface area (Å²) in [5, 5.41) is 2.85. The van der Waals surface area contributed by atoms with E-state index in [9.17, 15) is 14.4 Å². The molecule has 0 aliphatic heterocycles. The highest BCUT2D eigenvalue weighted by Gasteiger charge is 2.25. The zero-order valence-corrected chi connectivity index (χ0v) is 14.7. The number of esters is 1. The summed E-state index contributed by atoms with van der Waals surface area (Å²) in [5.41, 5.74) is 6.28. The molecule has 0 saturated carbocycles. The quantitative estimate of drug-likeness (QED) is 0.775. The van der Waals surface area contributed by atoms with Crippen molar-refractivity contribution >= 4 is 50.1 Å². The van der Waals surface area contributed by atoms with Crippen LogP contribution in [0, 0.1) is 6.92 Å². The molecule has 0 unspecified atom stereocenters. The molecule has 23 heavy (non-hydrogen) atoms. The lowest BCUT2D eigenvalue weighted by Crippen LogP contribution is -2.17. The lowest BCUT2D eigenvalue weighted by Gasteiger charge is -2.05. The Labute approximate surface area is 144 Å². The number of amides is 2. The van der Waals surface area contributed by atoms with Crippen LogP contribution in [0.15, 0.2) is 28.7 Å². The third kappa shape index (κ3) is 3.59. The zero-order valence-electron chi connectivity index (χ0n) is 12.3. The van der Waals surface area contributed by atoms with E-state index in [1.165, 1.54) is 7.11 Å². The second-order valence-electron chi connectivity index (χ2n) is 4.58. The molecule has 3 N–H and O–H groups in total. The fourth-order valence-electron chi connectivity index (χ4n) is 1.96. The molecule has 0 radical (unpaired) electrons. The van der Waals surface area contributed by atoms with Crippen molar-refractivity contribution in [1.29, 1.82) is 0 Å². The van der Waals surface area contributed by atoms with Crippen LogP contribution in [0.5, 0.6) is 0 Å². The van der Waals surface area contributed by atoms with Crippen LogP contribution in [0.1, 0.15) is 36.0 Å². The van der Waals surface area contributed by atoms with Crippen LogP contribution >= 0.6 is 27.3 Å². The maximum absolute atomic E-state index is 12.3. The smallest absolute Gasteiger partial charge is 0.348 e. The number of carbonyl (C=O) groups excluding carboxylic acids is 3. The molecule has 120 valence electrons. The average Bonchev–Trinajstić information content (AvgIpc) is 2.83. The number of halogens is 1. The lowest BCUT2D eigenvalue weighted by atomic mass is 10.1. The molecule has 6 nitrogen and oxygen atoms in total. The molecule has 1 heterocycles. The maximum Gasteiger partial charge on any atom is 0.348 e. The van der Waals surface area contributed by atoms with Gasteiger partial charge >= 0.3 is 5.97 Å². The van der Waals surface area contributed by atoms with Gasteiger partial charge in [-0.2, -0.15) is 0 Å². The molecule has 0 spiro atoms. The second kappa shape index (κ2) is 6.93. The van der Waals surface area contributed by atoms with Crippen LogP contribution in [0.2, 0.25) is 0 Å². The molecule has 2 aromatic rings. The number of hydrogen-bond donors (Lipinski definition) is 2. The van der Waals surface area contributed by atoms with Crippen LogP contribution in [-0.4, -0.2) is 24.9 Å². The number of nitrogens with one attached hydrogen (secondary N) is 1. The van der Waals surface area contributed by atoms with E-state index in [2.05, 4.69) is 26.0 Å². The first-order valence-electron chi connectivity index (χ1n) is 6.43. The Balaban J connectivity index is 2.38. The first-order chi connectivity index (χ1) is 10.8. The number of primary amides is 1. The minimum absolute atomic E-state index is 0.112. The fraction of sp³-hybridized carbons (Fsp3) is 0.133. The molecule has 1 aromatic heterocycles. The number of thiophene rings is 1. The number of anilines is 1. The van der Waals surface area contributed by atoms with E-state index in [-0.39, 0.29) is 15.4 Å². The van der Waals surface area contributed by atoms with Gasteiger partial charge in [-0.3, -0.25) is 9.59 Å². The highest BCUT2D eigenvalue weighted by Crippen LogP contribution is 2.33. The summed E-state index contributed by atoms with van der Waals surface area (Å²) in [6.07, 6.45) is 0. The van der Waals surface area contributed by atoms with Crippen LogP contribution in [0.25, 0.3) is 0 Å². The van der Waals surface area contributed by atoms with Crippen molar-refractivity contribution in [2.45, 2.75) is 6.92 Å². The lowest BCUT2D eigenvalue weighted by molar-refractivity contribution is 0.0605. The van der Waals surface area contributed by atoms with Gasteiger partial charge in [0.05, 0.1) is 12.7 Å². The molecule has 0 fully saturated rings. The topological polar surface area (TPSA) is 98.5 Å². The van der Waals surface area contributed by atoms with Gasteiger partial charge in [0.15, 0.2) is 0 Å². The van der Waals surface area contributed by atoms with Gasteiger partial charge in [0.1, 0.15) is 9.88 Å². The summed E-state index contributed by atoms with van der Waals surface area (Å²) >= 11 is 4.24. The number of ether oxygens (including phenoxy) is 1. The molecule has 0 bridgehead atoms. The molecule has 2 amide bonds. The van der Waals surface area contributed by atoms with Gasteiger partial charge in [-0.15, -0.1) is 11.3 Å². The van der Waals surface area contributed by atoms with Gasteiger partial charge in [0.25, 0.3) is 11.8 Å². The van der Waals surface area contributed by atoms with Crippen molar-refractivity contribution in [3.8, 4) is 0 Å². The number of carbonyl (C=O) groups is 3. The van der Waals surface area contributed by atoms with Crippen molar-refractivity contribution in [2.24, 2.45) is 5.73 Å². The maximum atomic E-state index is 12.3. The van der Waals surface area contributed by atoms with Crippen molar-refractivity contribution < 1.29 is 19.1 Å². The molecular weight excluding hydrogens is 384 g/mol. The van der Waals surface area contributed by atoms with Gasteiger partial charge in [-0.05, 0) is 36.8 Å². The first-order valence-corrected chi connectivity index (χ1v) is 8.04. The highest BCUT2D eigenvalue weighted by atomic mass is 79.9. The normalized spacial score (nSPS) is 10.2. The number of benzene rings is 1. The SMILES string of the molecule is COC(=O)c1sc(NC(=O)c2ccc(Br)cc2)c(C(N)=O)c1C. The molecule has 2 rings (SSSR count). The van der Waals surface area contributed by atoms with E-state index in [1.807, 2.05) is 0 Å². The van der Waals surface area contributed by atoms with Crippen LogP contribution in [0.3, 0.4) is 0 Å². The molecule has 0 aliphatic carbocycles. The van der Waals surface area contributed by atoms with E-state index >= 15 is 0 Å². The van der Waals surface area contributed by atoms with Gasteiger partial charge in [-0.25, -0.2) is 4.79 Å². The highest BCUT2D eigenvalue weighted by molar-refractivity contribution is 9.10. The summed E-state index contributed by atoms with van der Waals surface area (Å²) in [6.45, 7) is 1.58. The number of nitrogens with two attached hydrogens (primary N) is 1. The Morgan fingerprint density at radius 1 is 1.22 bits per heavy atom. The zero-order chi connectivity index (χ0) is 17.1. The van der Waals surface area contributed by atoms with Crippen LogP contribution in [-0.2, 0) is 4.74 Å². The van der Waals surface area contributed by atoms with Crippen molar-refractivity contribution in [1.82, 2.24) is 0 Å². The Morgan fingerprint density at radius 3 is 2.35 bits per heavy atom. The number of rotatable bonds is 4. The number of methoxy groups -OCH3 is 1. The first kappa shape index (κ1) is 17.2. The van der Waals surface area contributed by atoms with Crippen molar-refractivity contribution in [2.75, 3.05) is 12.4 Å². The summed E-state index contributed by atoms with van der Waals surface area (Å²) in [6, 6.07) is 6.71. The summed E-state index contributed by atoms with van der Waals surface area (Å²) in [5.74, 6) is -1.71. The third-order valence-electron chi connectivity index (χ3n) is 3.10. The standard InChI is InChI=1S/C15H13BrN2O4S/c1-7-10(12(17)19)14(23-11(7)15(21)22-2)18-13(20)8-3-5-9(16)6-4-8/h3-6H,1-2H3,(H2,17,19)(H,18,20). The van der Waals surface area contributed by atoms with E-state index in [4.69, 9.17) is 5.73 Å². The minimum atomic E-state index is -0.722. The summed E-state index contributed by atoms with van der Waals surface area (Å²) in [4.78, 5) is 35.9. The number of hydrogen-bond acceptors (Lipinski definition) is 5. The predicted molar refractivity (Wildman–Crippen MR) is 91.0 cm³/mol. The van der Waals surface area contributed by atoms with Crippen LogP contribution in [0.4, 0.5) is 5.00 Å². The van der Waals surface area contributed by atoms with E-state index in [1.54, 1.807) is 31.2 Å². The van der Waals surface area contributed by atoms with Gasteiger partial charge in [0, 0.05) is 10.0 Å².